The third kappa shape index (κ3) is 3.66. The molecule has 1 amide bonds. The fourth-order valence-electron chi connectivity index (χ4n) is 1.60. The molecule has 0 spiro atoms. The number of aryl methyl sites for hydroxylation is 2. The highest BCUT2D eigenvalue weighted by Crippen LogP contribution is 2.10. The van der Waals surface area contributed by atoms with Gasteiger partial charge in [0, 0.05) is 20.0 Å². The Hall–Kier alpha value is -1.35. The number of likely N-dealkylation sites (N-methyl/N-ethyl adjacent to an activating group) is 1. The van der Waals surface area contributed by atoms with Gasteiger partial charge in [0.05, 0.1) is 6.61 Å². The molecule has 1 rings (SSSR count). The van der Waals surface area contributed by atoms with Crippen molar-refractivity contribution < 1.29 is 9.90 Å². The predicted octanol–water partition coefficient (Wildman–Crippen LogP) is 1.38. The standard InChI is InChI=1S/C13H19NO2/c1-11-5-3-4-6-12(11)7-8-13(16)14(2)9-10-15/h3-6,15H,7-10H2,1-2H3. The summed E-state index contributed by atoms with van der Waals surface area (Å²) >= 11 is 0. The van der Waals surface area contributed by atoms with Crippen LogP contribution in [0, 0.1) is 6.92 Å². The Kier molecular flexibility index (Phi) is 4.99. The summed E-state index contributed by atoms with van der Waals surface area (Å²) in [7, 11) is 1.72. The SMILES string of the molecule is Cc1ccccc1CCC(=O)N(C)CCO. The molecule has 0 bridgehead atoms. The second kappa shape index (κ2) is 6.28. The molecule has 0 saturated carbocycles. The number of carbonyl (C=O) groups is 1. The summed E-state index contributed by atoms with van der Waals surface area (Å²) in [4.78, 5) is 13.2. The lowest BCUT2D eigenvalue weighted by molar-refractivity contribution is -0.130. The molecule has 0 aliphatic rings. The van der Waals surface area contributed by atoms with E-state index in [1.165, 1.54) is 11.1 Å². The van der Waals surface area contributed by atoms with Gasteiger partial charge in [0.2, 0.25) is 5.91 Å². The molecule has 0 heterocycles. The van der Waals surface area contributed by atoms with E-state index in [0.29, 0.717) is 13.0 Å². The average Bonchev–Trinajstić information content (AvgIpc) is 2.28. The van der Waals surface area contributed by atoms with Crippen LogP contribution in [0.15, 0.2) is 24.3 Å². The van der Waals surface area contributed by atoms with Crippen molar-refractivity contribution in [2.75, 3.05) is 20.2 Å². The summed E-state index contributed by atoms with van der Waals surface area (Å²) in [6.07, 6.45) is 1.27. The van der Waals surface area contributed by atoms with Gasteiger partial charge in [-0.15, -0.1) is 0 Å². The number of carbonyl (C=O) groups excluding carboxylic acids is 1. The van der Waals surface area contributed by atoms with Crippen LogP contribution in [0.2, 0.25) is 0 Å². The molecule has 1 aromatic carbocycles. The third-order valence-corrected chi connectivity index (χ3v) is 2.73. The van der Waals surface area contributed by atoms with Crippen LogP contribution < -0.4 is 0 Å². The quantitative estimate of drug-likeness (QED) is 0.816. The van der Waals surface area contributed by atoms with Crippen LogP contribution in [0.3, 0.4) is 0 Å². The lowest BCUT2D eigenvalue weighted by atomic mass is 10.0. The summed E-state index contributed by atoms with van der Waals surface area (Å²) < 4.78 is 0. The topological polar surface area (TPSA) is 40.5 Å². The fourth-order valence-corrected chi connectivity index (χ4v) is 1.60. The van der Waals surface area contributed by atoms with E-state index in [1.54, 1.807) is 11.9 Å². The van der Waals surface area contributed by atoms with Crippen LogP contribution in [0.4, 0.5) is 0 Å². The maximum Gasteiger partial charge on any atom is 0.222 e. The first kappa shape index (κ1) is 12.7. The number of hydrogen-bond acceptors (Lipinski definition) is 2. The van der Waals surface area contributed by atoms with E-state index in [0.717, 1.165) is 6.42 Å². The molecular weight excluding hydrogens is 202 g/mol. The van der Waals surface area contributed by atoms with Gasteiger partial charge in [0.1, 0.15) is 0 Å². The number of aliphatic hydroxyl groups is 1. The molecule has 0 saturated heterocycles. The Morgan fingerprint density at radius 1 is 1.38 bits per heavy atom. The second-order valence-corrected chi connectivity index (χ2v) is 3.97. The molecular formula is C13H19NO2. The normalized spacial score (nSPS) is 10.2. The summed E-state index contributed by atoms with van der Waals surface area (Å²) in [6.45, 7) is 2.48. The van der Waals surface area contributed by atoms with Crippen LogP contribution in [-0.4, -0.2) is 36.1 Å². The molecule has 16 heavy (non-hydrogen) atoms. The Bertz CT molecular complexity index is 350. The molecule has 1 aromatic rings. The van der Waals surface area contributed by atoms with E-state index in [4.69, 9.17) is 5.11 Å². The molecule has 0 fully saturated rings. The first-order chi connectivity index (χ1) is 7.65. The van der Waals surface area contributed by atoms with E-state index in [1.807, 2.05) is 12.1 Å². The molecule has 0 unspecified atom stereocenters. The van der Waals surface area contributed by atoms with Crippen LogP contribution in [-0.2, 0) is 11.2 Å². The number of amides is 1. The Balaban J connectivity index is 2.46. The highest BCUT2D eigenvalue weighted by atomic mass is 16.3. The van der Waals surface area contributed by atoms with E-state index in [9.17, 15) is 4.79 Å². The van der Waals surface area contributed by atoms with Gasteiger partial charge in [-0.05, 0) is 24.5 Å². The van der Waals surface area contributed by atoms with Crippen LogP contribution in [0.25, 0.3) is 0 Å². The minimum atomic E-state index is 0.0204. The van der Waals surface area contributed by atoms with Gasteiger partial charge >= 0.3 is 0 Å². The van der Waals surface area contributed by atoms with Crippen LogP contribution >= 0.6 is 0 Å². The van der Waals surface area contributed by atoms with E-state index in [-0.39, 0.29) is 12.5 Å². The van der Waals surface area contributed by atoms with E-state index < -0.39 is 0 Å². The number of benzene rings is 1. The highest BCUT2D eigenvalue weighted by Gasteiger charge is 2.08. The van der Waals surface area contributed by atoms with Gasteiger partial charge in [-0.2, -0.15) is 0 Å². The molecule has 3 heteroatoms. The number of nitrogens with zero attached hydrogens (tertiary/aromatic N) is 1. The van der Waals surface area contributed by atoms with Crippen molar-refractivity contribution in [3.05, 3.63) is 35.4 Å². The number of hydrogen-bond donors (Lipinski definition) is 1. The Morgan fingerprint density at radius 3 is 2.69 bits per heavy atom. The zero-order valence-corrected chi connectivity index (χ0v) is 9.94. The number of aliphatic hydroxyl groups excluding tert-OH is 1. The van der Waals surface area contributed by atoms with E-state index >= 15 is 0 Å². The van der Waals surface area contributed by atoms with Crippen molar-refractivity contribution in [3.63, 3.8) is 0 Å². The molecule has 3 nitrogen and oxygen atoms in total. The van der Waals surface area contributed by atoms with Crippen molar-refractivity contribution in [1.29, 1.82) is 0 Å². The van der Waals surface area contributed by atoms with Gasteiger partial charge in [-0.3, -0.25) is 4.79 Å². The fraction of sp³-hybridized carbons (Fsp3) is 0.462. The second-order valence-electron chi connectivity index (χ2n) is 3.97. The zero-order chi connectivity index (χ0) is 12.0. The van der Waals surface area contributed by atoms with E-state index in [2.05, 4.69) is 19.1 Å². The largest absolute Gasteiger partial charge is 0.395 e. The third-order valence-electron chi connectivity index (χ3n) is 2.73. The summed E-state index contributed by atoms with van der Waals surface area (Å²) in [5, 5.41) is 8.72. The Labute approximate surface area is 96.7 Å². The van der Waals surface area contributed by atoms with Crippen molar-refractivity contribution in [2.24, 2.45) is 0 Å². The molecule has 1 N–H and O–H groups in total. The average molecular weight is 221 g/mol. The lowest BCUT2D eigenvalue weighted by Crippen LogP contribution is -2.29. The molecule has 0 aromatic heterocycles. The maximum atomic E-state index is 11.6. The van der Waals surface area contributed by atoms with Crippen LogP contribution in [0.1, 0.15) is 17.5 Å². The first-order valence-corrected chi connectivity index (χ1v) is 5.54. The Morgan fingerprint density at radius 2 is 2.06 bits per heavy atom. The van der Waals surface area contributed by atoms with Gasteiger partial charge in [0.15, 0.2) is 0 Å². The summed E-state index contributed by atoms with van der Waals surface area (Å²) in [5.74, 6) is 0.0808. The monoisotopic (exact) mass is 221 g/mol. The van der Waals surface area contributed by atoms with Crippen molar-refractivity contribution >= 4 is 5.91 Å². The van der Waals surface area contributed by atoms with Crippen LogP contribution in [0.5, 0.6) is 0 Å². The highest BCUT2D eigenvalue weighted by molar-refractivity contribution is 5.76. The predicted molar refractivity (Wildman–Crippen MR) is 64.2 cm³/mol. The smallest absolute Gasteiger partial charge is 0.222 e. The summed E-state index contributed by atoms with van der Waals surface area (Å²) in [6, 6.07) is 8.09. The van der Waals surface area contributed by atoms with Crippen molar-refractivity contribution in [2.45, 2.75) is 19.8 Å². The van der Waals surface area contributed by atoms with Gasteiger partial charge in [-0.25, -0.2) is 0 Å². The molecule has 0 atom stereocenters. The van der Waals surface area contributed by atoms with Gasteiger partial charge < -0.3 is 10.0 Å². The molecule has 0 radical (unpaired) electrons. The first-order valence-electron chi connectivity index (χ1n) is 5.54. The zero-order valence-electron chi connectivity index (χ0n) is 9.94. The molecule has 0 aliphatic carbocycles. The van der Waals surface area contributed by atoms with Crippen molar-refractivity contribution in [3.8, 4) is 0 Å². The minimum Gasteiger partial charge on any atom is -0.395 e. The lowest BCUT2D eigenvalue weighted by Gasteiger charge is -2.15. The van der Waals surface area contributed by atoms with Gasteiger partial charge in [0.25, 0.3) is 0 Å². The molecule has 0 aliphatic heterocycles. The van der Waals surface area contributed by atoms with Crippen molar-refractivity contribution in [1.82, 2.24) is 4.90 Å². The minimum absolute atomic E-state index is 0.0204. The number of rotatable bonds is 5. The maximum absolute atomic E-state index is 11.6. The van der Waals surface area contributed by atoms with Gasteiger partial charge in [-0.1, -0.05) is 24.3 Å². The molecule has 88 valence electrons. The summed E-state index contributed by atoms with van der Waals surface area (Å²) in [5.41, 5.74) is 2.44.